The molecule has 2 saturated heterocycles. The van der Waals surface area contributed by atoms with E-state index in [1.807, 2.05) is 23.9 Å². The number of likely N-dealkylation sites (N-methyl/N-ethyl adjacent to an activating group) is 1. The summed E-state index contributed by atoms with van der Waals surface area (Å²) < 4.78 is 0. The molecule has 2 aliphatic heterocycles. The fraction of sp³-hybridized carbons (Fsp3) is 0.750. The molecule has 2 N–H and O–H groups in total. The van der Waals surface area contributed by atoms with Crippen LogP contribution in [0.3, 0.4) is 0 Å². The van der Waals surface area contributed by atoms with E-state index < -0.39 is 0 Å². The molecule has 3 heterocycles. The fourth-order valence-corrected chi connectivity index (χ4v) is 3.42. The van der Waals surface area contributed by atoms with Crippen molar-refractivity contribution in [3.8, 4) is 0 Å². The van der Waals surface area contributed by atoms with Crippen molar-refractivity contribution in [1.29, 1.82) is 0 Å². The van der Waals surface area contributed by atoms with Gasteiger partial charge in [-0.1, -0.05) is 0 Å². The molecule has 0 aliphatic carbocycles. The zero-order valence-corrected chi connectivity index (χ0v) is 14.2. The summed E-state index contributed by atoms with van der Waals surface area (Å²) in [5, 5.41) is 11.1. The van der Waals surface area contributed by atoms with Gasteiger partial charge in [0, 0.05) is 56.9 Å². The second-order valence-electron chi connectivity index (χ2n) is 6.84. The number of aromatic amines is 1. The van der Waals surface area contributed by atoms with Crippen molar-refractivity contribution in [1.82, 2.24) is 25.3 Å². The number of likely N-dealkylation sites (tertiary alicyclic amines) is 1. The molecule has 1 unspecified atom stereocenters. The van der Waals surface area contributed by atoms with E-state index >= 15 is 0 Å². The number of carbonyl (C=O) groups is 1. The Labute approximate surface area is 138 Å². The normalized spacial score (nSPS) is 22.7. The summed E-state index contributed by atoms with van der Waals surface area (Å²) in [6, 6.07) is 2.18. The lowest BCUT2D eigenvalue weighted by Gasteiger charge is -2.33. The Hall–Kier alpha value is -1.60. The molecule has 0 aromatic carbocycles. The van der Waals surface area contributed by atoms with Crippen LogP contribution in [0.2, 0.25) is 0 Å². The van der Waals surface area contributed by atoms with Crippen molar-refractivity contribution >= 4 is 11.7 Å². The van der Waals surface area contributed by atoms with E-state index in [0.29, 0.717) is 12.5 Å². The lowest BCUT2D eigenvalue weighted by atomic mass is 9.94. The van der Waals surface area contributed by atoms with Crippen molar-refractivity contribution in [2.75, 3.05) is 64.8 Å². The average Bonchev–Trinajstić information content (AvgIpc) is 3.05. The van der Waals surface area contributed by atoms with Crippen molar-refractivity contribution in [3.05, 3.63) is 11.8 Å². The number of hydrogen-bond acceptors (Lipinski definition) is 5. The molecule has 2 fully saturated rings. The lowest BCUT2D eigenvalue weighted by molar-refractivity contribution is -0.133. The number of rotatable bonds is 4. The highest BCUT2D eigenvalue weighted by Crippen LogP contribution is 2.28. The van der Waals surface area contributed by atoms with Crippen LogP contribution in [-0.2, 0) is 4.79 Å². The summed E-state index contributed by atoms with van der Waals surface area (Å²) in [5.41, 5.74) is 1.17. The van der Waals surface area contributed by atoms with Gasteiger partial charge in [0.15, 0.2) is 5.82 Å². The van der Waals surface area contributed by atoms with Crippen LogP contribution in [0.4, 0.5) is 5.82 Å². The summed E-state index contributed by atoms with van der Waals surface area (Å²) in [6.45, 7) is 6.20. The Morgan fingerprint density at radius 3 is 2.87 bits per heavy atom. The van der Waals surface area contributed by atoms with Crippen LogP contribution in [0.25, 0.3) is 0 Å². The summed E-state index contributed by atoms with van der Waals surface area (Å²) in [5.74, 6) is 1.64. The second-order valence-corrected chi connectivity index (χ2v) is 6.84. The van der Waals surface area contributed by atoms with Gasteiger partial charge in [-0.25, -0.2) is 0 Å². The fourth-order valence-electron chi connectivity index (χ4n) is 3.42. The monoisotopic (exact) mass is 320 g/mol. The number of anilines is 1. The molecular formula is C16H28N6O. The molecule has 0 bridgehead atoms. The maximum atomic E-state index is 12.3. The third-order valence-electron chi connectivity index (χ3n) is 4.69. The highest BCUT2D eigenvalue weighted by atomic mass is 16.2. The van der Waals surface area contributed by atoms with Gasteiger partial charge in [0.1, 0.15) is 0 Å². The second kappa shape index (κ2) is 7.31. The number of H-pyrrole nitrogens is 1. The molecule has 128 valence electrons. The number of carbonyl (C=O) groups excluding carboxylic acids is 1. The van der Waals surface area contributed by atoms with Crippen LogP contribution in [0.1, 0.15) is 24.5 Å². The van der Waals surface area contributed by atoms with Crippen LogP contribution in [0, 0.1) is 0 Å². The lowest BCUT2D eigenvalue weighted by Crippen LogP contribution is -2.43. The number of aromatic nitrogens is 2. The third kappa shape index (κ3) is 4.03. The smallest absolute Gasteiger partial charge is 0.236 e. The van der Waals surface area contributed by atoms with Crippen molar-refractivity contribution in [2.24, 2.45) is 0 Å². The van der Waals surface area contributed by atoms with Crippen molar-refractivity contribution in [2.45, 2.75) is 18.8 Å². The topological polar surface area (TPSA) is 67.5 Å². The highest BCUT2D eigenvalue weighted by Gasteiger charge is 2.26. The molecule has 0 radical (unpaired) electrons. The Balaban J connectivity index is 1.62. The van der Waals surface area contributed by atoms with E-state index in [4.69, 9.17) is 0 Å². The first-order valence-corrected chi connectivity index (χ1v) is 8.57. The molecule has 0 saturated carbocycles. The van der Waals surface area contributed by atoms with Gasteiger partial charge in [0.25, 0.3) is 0 Å². The van der Waals surface area contributed by atoms with Crippen LogP contribution in [0.5, 0.6) is 0 Å². The minimum absolute atomic E-state index is 0.224. The SMILES string of the molecule is CN(C)CC(=O)N1CCCC(c2cc(N3CCNCC3)n[nH]2)C1. The minimum atomic E-state index is 0.224. The number of amides is 1. The number of piperidine rings is 1. The van der Waals surface area contributed by atoms with Crippen LogP contribution in [0.15, 0.2) is 6.07 Å². The highest BCUT2D eigenvalue weighted by molar-refractivity contribution is 5.78. The third-order valence-corrected chi connectivity index (χ3v) is 4.69. The summed E-state index contributed by atoms with van der Waals surface area (Å²) in [6.07, 6.45) is 2.18. The molecule has 0 spiro atoms. The average molecular weight is 320 g/mol. The van der Waals surface area contributed by atoms with Crippen LogP contribution in [-0.4, -0.2) is 85.8 Å². The van der Waals surface area contributed by atoms with Gasteiger partial charge in [-0.05, 0) is 26.9 Å². The van der Waals surface area contributed by atoms with E-state index in [1.165, 1.54) is 5.69 Å². The maximum absolute atomic E-state index is 12.3. The zero-order chi connectivity index (χ0) is 16.2. The molecule has 3 rings (SSSR count). The first kappa shape index (κ1) is 16.3. The van der Waals surface area contributed by atoms with Gasteiger partial charge in [-0.15, -0.1) is 0 Å². The minimum Gasteiger partial charge on any atom is -0.353 e. The molecule has 23 heavy (non-hydrogen) atoms. The quantitative estimate of drug-likeness (QED) is 0.823. The van der Waals surface area contributed by atoms with Gasteiger partial charge in [0.2, 0.25) is 5.91 Å². The molecule has 1 aromatic rings. The first-order valence-electron chi connectivity index (χ1n) is 8.57. The summed E-state index contributed by atoms with van der Waals surface area (Å²) >= 11 is 0. The molecule has 7 heteroatoms. The molecule has 1 aromatic heterocycles. The standard InChI is InChI=1S/C16H28N6O/c1-20(2)12-16(23)22-7-3-4-13(11-22)14-10-15(19-18-14)21-8-5-17-6-9-21/h10,13,17H,3-9,11-12H2,1-2H3,(H,18,19). The van der Waals surface area contributed by atoms with Crippen LogP contribution < -0.4 is 10.2 Å². The van der Waals surface area contributed by atoms with Gasteiger partial charge in [0.05, 0.1) is 6.54 Å². The molecular weight excluding hydrogens is 292 g/mol. The Morgan fingerprint density at radius 1 is 1.35 bits per heavy atom. The van der Waals surface area contributed by atoms with Gasteiger partial charge < -0.3 is 20.0 Å². The number of nitrogens with zero attached hydrogens (tertiary/aromatic N) is 4. The maximum Gasteiger partial charge on any atom is 0.236 e. The van der Waals surface area contributed by atoms with E-state index in [1.54, 1.807) is 0 Å². The summed E-state index contributed by atoms with van der Waals surface area (Å²) in [7, 11) is 3.88. The Bertz CT molecular complexity index is 522. The molecule has 7 nitrogen and oxygen atoms in total. The van der Waals surface area contributed by atoms with E-state index in [9.17, 15) is 4.79 Å². The van der Waals surface area contributed by atoms with Gasteiger partial charge in [-0.3, -0.25) is 9.89 Å². The summed E-state index contributed by atoms with van der Waals surface area (Å²) in [4.78, 5) is 18.5. The number of hydrogen-bond donors (Lipinski definition) is 2. The predicted molar refractivity (Wildman–Crippen MR) is 90.8 cm³/mol. The zero-order valence-electron chi connectivity index (χ0n) is 14.2. The Morgan fingerprint density at radius 2 is 2.13 bits per heavy atom. The van der Waals surface area contributed by atoms with Crippen LogP contribution >= 0.6 is 0 Å². The molecule has 2 aliphatic rings. The Kier molecular flexibility index (Phi) is 5.17. The van der Waals surface area contributed by atoms with Gasteiger partial charge in [-0.2, -0.15) is 5.10 Å². The van der Waals surface area contributed by atoms with Crippen molar-refractivity contribution in [3.63, 3.8) is 0 Å². The molecule has 1 atom stereocenters. The number of nitrogens with one attached hydrogen (secondary N) is 2. The first-order chi connectivity index (χ1) is 11.1. The predicted octanol–water partition coefficient (Wildman–Crippen LogP) is 0.0869. The van der Waals surface area contributed by atoms with E-state index in [0.717, 1.165) is 57.9 Å². The number of piperazine rings is 1. The van der Waals surface area contributed by atoms with E-state index in [-0.39, 0.29) is 5.91 Å². The van der Waals surface area contributed by atoms with E-state index in [2.05, 4.69) is 26.5 Å². The molecule has 1 amide bonds. The van der Waals surface area contributed by atoms with Crippen molar-refractivity contribution < 1.29 is 4.79 Å². The largest absolute Gasteiger partial charge is 0.353 e. The van der Waals surface area contributed by atoms with Gasteiger partial charge >= 0.3 is 0 Å².